The fourth-order valence-corrected chi connectivity index (χ4v) is 2.65. The largest absolute Gasteiger partial charge is 0.494 e. The average Bonchev–Trinajstić information content (AvgIpc) is 2.51. The van der Waals surface area contributed by atoms with Crippen molar-refractivity contribution in [2.24, 2.45) is 0 Å². The molecule has 0 amide bonds. The Labute approximate surface area is 134 Å². The molecule has 0 radical (unpaired) electrons. The maximum absolute atomic E-state index is 5.79. The standard InChI is InChI=1S/C17H21BrN2O/c1-3-9-20-17(13-6-5-10-19-12-13)15-11-14(18)7-8-16(15)21-4-2/h5-8,10-12,17,20H,3-4,9H2,1-2H3. The van der Waals surface area contributed by atoms with Crippen molar-refractivity contribution in [1.29, 1.82) is 0 Å². The van der Waals surface area contributed by atoms with Crippen LogP contribution >= 0.6 is 15.9 Å². The van der Waals surface area contributed by atoms with Crippen LogP contribution in [-0.4, -0.2) is 18.1 Å². The number of halogens is 1. The Hall–Kier alpha value is -1.39. The maximum atomic E-state index is 5.79. The molecular weight excluding hydrogens is 328 g/mol. The molecular formula is C17H21BrN2O. The number of hydrogen-bond acceptors (Lipinski definition) is 3. The molecule has 1 N–H and O–H groups in total. The Bertz CT molecular complexity index is 560. The highest BCUT2D eigenvalue weighted by atomic mass is 79.9. The number of benzene rings is 1. The summed E-state index contributed by atoms with van der Waals surface area (Å²) in [5, 5.41) is 3.59. The Balaban J connectivity index is 2.42. The fourth-order valence-electron chi connectivity index (χ4n) is 2.27. The zero-order chi connectivity index (χ0) is 15.1. The molecule has 0 saturated carbocycles. The van der Waals surface area contributed by atoms with Gasteiger partial charge in [0, 0.05) is 22.4 Å². The minimum atomic E-state index is 0.0812. The second kappa shape index (κ2) is 8.15. The molecule has 3 nitrogen and oxygen atoms in total. The highest BCUT2D eigenvalue weighted by Gasteiger charge is 2.18. The monoisotopic (exact) mass is 348 g/mol. The van der Waals surface area contributed by atoms with Crippen molar-refractivity contribution in [3.63, 3.8) is 0 Å². The second-order valence-electron chi connectivity index (χ2n) is 4.79. The smallest absolute Gasteiger partial charge is 0.124 e. The number of rotatable bonds is 7. The zero-order valence-electron chi connectivity index (χ0n) is 12.5. The predicted octanol–water partition coefficient (Wildman–Crippen LogP) is 4.33. The van der Waals surface area contributed by atoms with Crippen molar-refractivity contribution in [1.82, 2.24) is 10.3 Å². The van der Waals surface area contributed by atoms with Crippen LogP contribution in [0.15, 0.2) is 47.2 Å². The molecule has 1 aromatic heterocycles. The molecule has 2 rings (SSSR count). The van der Waals surface area contributed by atoms with Crippen LogP contribution in [0, 0.1) is 0 Å². The van der Waals surface area contributed by atoms with Gasteiger partial charge in [-0.05, 0) is 49.7 Å². The van der Waals surface area contributed by atoms with Crippen molar-refractivity contribution in [3.05, 3.63) is 58.3 Å². The van der Waals surface area contributed by atoms with Gasteiger partial charge in [-0.25, -0.2) is 0 Å². The molecule has 0 aliphatic rings. The van der Waals surface area contributed by atoms with Crippen molar-refractivity contribution in [2.75, 3.05) is 13.2 Å². The van der Waals surface area contributed by atoms with Crippen LogP contribution in [-0.2, 0) is 0 Å². The summed E-state index contributed by atoms with van der Waals surface area (Å²) < 4.78 is 6.84. The van der Waals surface area contributed by atoms with Crippen molar-refractivity contribution >= 4 is 15.9 Å². The molecule has 1 unspecified atom stereocenters. The van der Waals surface area contributed by atoms with Gasteiger partial charge in [0.15, 0.2) is 0 Å². The van der Waals surface area contributed by atoms with Gasteiger partial charge in [-0.3, -0.25) is 4.98 Å². The minimum Gasteiger partial charge on any atom is -0.494 e. The molecule has 0 spiro atoms. The van der Waals surface area contributed by atoms with Gasteiger partial charge in [-0.2, -0.15) is 0 Å². The first-order valence-corrected chi connectivity index (χ1v) is 8.11. The zero-order valence-corrected chi connectivity index (χ0v) is 14.1. The minimum absolute atomic E-state index is 0.0812. The molecule has 112 valence electrons. The molecule has 1 atom stereocenters. The summed E-state index contributed by atoms with van der Waals surface area (Å²) in [5.41, 5.74) is 2.28. The van der Waals surface area contributed by atoms with E-state index in [4.69, 9.17) is 4.74 Å². The van der Waals surface area contributed by atoms with E-state index in [0.717, 1.165) is 34.3 Å². The van der Waals surface area contributed by atoms with Crippen LogP contribution in [0.3, 0.4) is 0 Å². The van der Waals surface area contributed by atoms with E-state index in [1.807, 2.05) is 31.3 Å². The molecule has 1 aromatic carbocycles. The van der Waals surface area contributed by atoms with Crippen molar-refractivity contribution in [3.8, 4) is 5.75 Å². The fraction of sp³-hybridized carbons (Fsp3) is 0.353. The third-order valence-electron chi connectivity index (χ3n) is 3.20. The van der Waals surface area contributed by atoms with E-state index in [0.29, 0.717) is 6.61 Å². The quantitative estimate of drug-likeness (QED) is 0.808. The second-order valence-corrected chi connectivity index (χ2v) is 5.70. The number of nitrogens with one attached hydrogen (secondary N) is 1. The van der Waals surface area contributed by atoms with E-state index in [9.17, 15) is 0 Å². The molecule has 4 heteroatoms. The summed E-state index contributed by atoms with van der Waals surface area (Å²) >= 11 is 3.56. The van der Waals surface area contributed by atoms with Gasteiger partial charge in [-0.15, -0.1) is 0 Å². The van der Waals surface area contributed by atoms with E-state index in [1.165, 1.54) is 0 Å². The van der Waals surface area contributed by atoms with Crippen LogP contribution in [0.25, 0.3) is 0 Å². The van der Waals surface area contributed by atoms with Crippen molar-refractivity contribution in [2.45, 2.75) is 26.3 Å². The van der Waals surface area contributed by atoms with Gasteiger partial charge >= 0.3 is 0 Å². The lowest BCUT2D eigenvalue weighted by Gasteiger charge is -2.22. The normalized spacial score (nSPS) is 12.1. The van der Waals surface area contributed by atoms with Gasteiger partial charge in [0.25, 0.3) is 0 Å². The lowest BCUT2D eigenvalue weighted by atomic mass is 9.99. The summed E-state index contributed by atoms with van der Waals surface area (Å²) in [6, 6.07) is 10.3. The highest BCUT2D eigenvalue weighted by molar-refractivity contribution is 9.10. The third-order valence-corrected chi connectivity index (χ3v) is 3.69. The number of ether oxygens (including phenoxy) is 1. The van der Waals surface area contributed by atoms with Gasteiger partial charge < -0.3 is 10.1 Å². The van der Waals surface area contributed by atoms with E-state index in [-0.39, 0.29) is 6.04 Å². The van der Waals surface area contributed by atoms with Gasteiger partial charge in [0.05, 0.1) is 12.6 Å². The average molecular weight is 349 g/mol. The number of aromatic nitrogens is 1. The Morgan fingerprint density at radius 2 is 2.14 bits per heavy atom. The summed E-state index contributed by atoms with van der Waals surface area (Å²) in [7, 11) is 0. The SMILES string of the molecule is CCCNC(c1cccnc1)c1cc(Br)ccc1OCC. The van der Waals surface area contributed by atoms with Gasteiger partial charge in [0.1, 0.15) is 5.75 Å². The highest BCUT2D eigenvalue weighted by Crippen LogP contribution is 2.32. The van der Waals surface area contributed by atoms with Gasteiger partial charge in [0.2, 0.25) is 0 Å². The number of pyridine rings is 1. The van der Waals surface area contributed by atoms with E-state index >= 15 is 0 Å². The van der Waals surface area contributed by atoms with Crippen molar-refractivity contribution < 1.29 is 4.74 Å². The van der Waals surface area contributed by atoms with E-state index in [1.54, 1.807) is 6.20 Å². The van der Waals surface area contributed by atoms with Crippen LogP contribution in [0.5, 0.6) is 5.75 Å². The molecule has 0 aliphatic heterocycles. The topological polar surface area (TPSA) is 34.2 Å². The van der Waals surface area contributed by atoms with E-state index in [2.05, 4.69) is 45.3 Å². The molecule has 1 heterocycles. The van der Waals surface area contributed by atoms with E-state index < -0.39 is 0 Å². The lowest BCUT2D eigenvalue weighted by molar-refractivity contribution is 0.333. The lowest BCUT2D eigenvalue weighted by Crippen LogP contribution is -2.24. The molecule has 2 aromatic rings. The van der Waals surface area contributed by atoms with Crippen LogP contribution in [0.1, 0.15) is 37.4 Å². The third kappa shape index (κ3) is 4.29. The molecule has 0 bridgehead atoms. The first kappa shape index (κ1) is 16.0. The maximum Gasteiger partial charge on any atom is 0.124 e. The van der Waals surface area contributed by atoms with Crippen LogP contribution in [0.2, 0.25) is 0 Å². The van der Waals surface area contributed by atoms with Crippen LogP contribution in [0.4, 0.5) is 0 Å². The van der Waals surface area contributed by atoms with Crippen LogP contribution < -0.4 is 10.1 Å². The number of nitrogens with zero attached hydrogens (tertiary/aromatic N) is 1. The summed E-state index contributed by atoms with van der Waals surface area (Å²) in [5.74, 6) is 0.915. The predicted molar refractivity (Wildman–Crippen MR) is 89.7 cm³/mol. The van der Waals surface area contributed by atoms with Gasteiger partial charge in [-0.1, -0.05) is 28.9 Å². The molecule has 0 aliphatic carbocycles. The Kier molecular flexibility index (Phi) is 6.21. The summed E-state index contributed by atoms with van der Waals surface area (Å²) in [6.07, 6.45) is 4.78. The molecule has 0 saturated heterocycles. The Morgan fingerprint density at radius 3 is 2.81 bits per heavy atom. The molecule has 0 fully saturated rings. The summed E-state index contributed by atoms with van der Waals surface area (Å²) in [6.45, 7) is 5.77. The first-order chi connectivity index (χ1) is 10.3. The molecule has 21 heavy (non-hydrogen) atoms. The summed E-state index contributed by atoms with van der Waals surface area (Å²) in [4.78, 5) is 4.24. The Morgan fingerprint density at radius 1 is 1.29 bits per heavy atom. The first-order valence-electron chi connectivity index (χ1n) is 7.31. The number of hydrogen-bond donors (Lipinski definition) is 1.